The van der Waals surface area contributed by atoms with Crippen molar-refractivity contribution in [1.29, 1.82) is 0 Å². The summed E-state index contributed by atoms with van der Waals surface area (Å²) in [6.07, 6.45) is 3.58. The van der Waals surface area contributed by atoms with Crippen LogP contribution in [0, 0.1) is 0 Å². The lowest BCUT2D eigenvalue weighted by atomic mass is 10.3. The number of nitrogens with one attached hydrogen (secondary N) is 1. The molecule has 1 aromatic carbocycles. The highest BCUT2D eigenvalue weighted by Gasteiger charge is 2.07. The molecule has 0 spiro atoms. The van der Waals surface area contributed by atoms with Crippen molar-refractivity contribution in [2.45, 2.75) is 6.61 Å². The van der Waals surface area contributed by atoms with Gasteiger partial charge in [-0.2, -0.15) is 8.78 Å². The van der Waals surface area contributed by atoms with Crippen LogP contribution in [0.1, 0.15) is 0 Å². The van der Waals surface area contributed by atoms with E-state index in [4.69, 9.17) is 11.6 Å². The average molecular weight is 248 g/mol. The molecule has 0 amide bonds. The molecule has 0 saturated carbocycles. The van der Waals surface area contributed by atoms with E-state index in [-0.39, 0.29) is 5.75 Å². The number of para-hydroxylation sites is 2. The fraction of sp³-hybridized carbons (Fsp3) is 0.273. The first-order valence-corrected chi connectivity index (χ1v) is 5.26. The van der Waals surface area contributed by atoms with Crippen molar-refractivity contribution in [2.75, 3.05) is 17.7 Å². The first-order valence-electron chi connectivity index (χ1n) is 4.72. The molecule has 0 heterocycles. The molecule has 5 heteroatoms. The van der Waals surface area contributed by atoms with Crippen molar-refractivity contribution in [1.82, 2.24) is 0 Å². The van der Waals surface area contributed by atoms with Crippen LogP contribution < -0.4 is 10.1 Å². The van der Waals surface area contributed by atoms with Crippen molar-refractivity contribution < 1.29 is 13.5 Å². The summed E-state index contributed by atoms with van der Waals surface area (Å²) in [5.41, 5.74) is 0.530. The van der Waals surface area contributed by atoms with Crippen molar-refractivity contribution >= 4 is 17.3 Å². The van der Waals surface area contributed by atoms with E-state index < -0.39 is 6.61 Å². The standard InChI is InChI=1S/C11H12ClF2NO/c12-7-3-4-8-15-9-5-1-2-6-10(9)16-11(13)14/h1-6,11,15H,7-8H2/b4-3+. The van der Waals surface area contributed by atoms with Crippen LogP contribution in [0.2, 0.25) is 0 Å². The smallest absolute Gasteiger partial charge is 0.387 e. The summed E-state index contributed by atoms with van der Waals surface area (Å²) in [6, 6.07) is 6.54. The zero-order chi connectivity index (χ0) is 11.8. The summed E-state index contributed by atoms with van der Waals surface area (Å²) >= 11 is 5.44. The van der Waals surface area contributed by atoms with E-state index in [2.05, 4.69) is 10.1 Å². The molecular weight excluding hydrogens is 236 g/mol. The van der Waals surface area contributed by atoms with E-state index in [1.165, 1.54) is 6.07 Å². The molecule has 0 bridgehead atoms. The number of halogens is 3. The van der Waals surface area contributed by atoms with Gasteiger partial charge in [-0.1, -0.05) is 24.3 Å². The minimum absolute atomic E-state index is 0.136. The number of alkyl halides is 3. The summed E-state index contributed by atoms with van der Waals surface area (Å²) in [5.74, 6) is 0.563. The van der Waals surface area contributed by atoms with E-state index in [1.54, 1.807) is 24.3 Å². The maximum absolute atomic E-state index is 12.1. The molecule has 0 aliphatic heterocycles. The van der Waals surface area contributed by atoms with Gasteiger partial charge in [0, 0.05) is 12.4 Å². The van der Waals surface area contributed by atoms with Gasteiger partial charge >= 0.3 is 6.61 Å². The van der Waals surface area contributed by atoms with Crippen LogP contribution in [-0.2, 0) is 0 Å². The van der Waals surface area contributed by atoms with Gasteiger partial charge in [0.1, 0.15) is 5.75 Å². The number of anilines is 1. The fourth-order valence-electron chi connectivity index (χ4n) is 1.13. The summed E-state index contributed by atoms with van der Waals surface area (Å²) in [7, 11) is 0. The van der Waals surface area contributed by atoms with E-state index >= 15 is 0 Å². The summed E-state index contributed by atoms with van der Waals surface area (Å²) in [6.45, 7) is -2.31. The van der Waals surface area contributed by atoms with Gasteiger partial charge in [-0.25, -0.2) is 0 Å². The number of rotatable bonds is 6. The van der Waals surface area contributed by atoms with Crippen molar-refractivity contribution in [3.8, 4) is 5.75 Å². The van der Waals surface area contributed by atoms with Crippen LogP contribution >= 0.6 is 11.6 Å². The van der Waals surface area contributed by atoms with Gasteiger partial charge in [-0.05, 0) is 12.1 Å². The number of allylic oxidation sites excluding steroid dienone is 1. The average Bonchev–Trinajstić information content (AvgIpc) is 2.26. The number of hydrogen-bond acceptors (Lipinski definition) is 2. The largest absolute Gasteiger partial charge is 0.433 e. The van der Waals surface area contributed by atoms with Gasteiger partial charge < -0.3 is 10.1 Å². The Kier molecular flexibility index (Phi) is 5.64. The van der Waals surface area contributed by atoms with Gasteiger partial charge in [0.25, 0.3) is 0 Å². The van der Waals surface area contributed by atoms with Crippen molar-refractivity contribution in [2.24, 2.45) is 0 Å². The molecule has 0 fully saturated rings. The highest BCUT2D eigenvalue weighted by Crippen LogP contribution is 2.25. The minimum Gasteiger partial charge on any atom is -0.433 e. The Bertz CT molecular complexity index is 345. The predicted molar refractivity (Wildman–Crippen MR) is 61.4 cm³/mol. The zero-order valence-electron chi connectivity index (χ0n) is 8.50. The molecule has 0 unspecified atom stereocenters. The Labute approximate surface area is 97.9 Å². The Balaban J connectivity index is 2.60. The third-order valence-electron chi connectivity index (χ3n) is 1.77. The fourth-order valence-corrected chi connectivity index (χ4v) is 1.25. The van der Waals surface area contributed by atoms with Gasteiger partial charge in [0.15, 0.2) is 0 Å². The lowest BCUT2D eigenvalue weighted by Gasteiger charge is -2.10. The highest BCUT2D eigenvalue weighted by molar-refractivity contribution is 6.18. The molecule has 0 saturated heterocycles. The summed E-state index contributed by atoms with van der Waals surface area (Å²) in [4.78, 5) is 0. The summed E-state index contributed by atoms with van der Waals surface area (Å²) < 4.78 is 28.5. The third kappa shape index (κ3) is 4.49. The van der Waals surface area contributed by atoms with E-state index in [0.29, 0.717) is 18.1 Å². The van der Waals surface area contributed by atoms with E-state index in [1.807, 2.05) is 6.08 Å². The minimum atomic E-state index is -2.82. The quantitative estimate of drug-likeness (QED) is 0.614. The van der Waals surface area contributed by atoms with Crippen molar-refractivity contribution in [3.63, 3.8) is 0 Å². The molecule has 2 nitrogen and oxygen atoms in total. The maximum atomic E-state index is 12.1. The van der Waals surface area contributed by atoms with Crippen LogP contribution in [0.3, 0.4) is 0 Å². The lowest BCUT2D eigenvalue weighted by Crippen LogP contribution is -2.06. The van der Waals surface area contributed by atoms with Gasteiger partial charge in [0.2, 0.25) is 0 Å². The molecule has 16 heavy (non-hydrogen) atoms. The van der Waals surface area contributed by atoms with E-state index in [0.717, 1.165) is 0 Å². The third-order valence-corrected chi connectivity index (χ3v) is 1.95. The molecule has 88 valence electrons. The Morgan fingerprint density at radius 3 is 2.75 bits per heavy atom. The molecular formula is C11H12ClF2NO. The normalized spacial score (nSPS) is 11.0. The van der Waals surface area contributed by atoms with Gasteiger partial charge in [0.05, 0.1) is 5.69 Å². The molecule has 0 aliphatic carbocycles. The van der Waals surface area contributed by atoms with Crippen LogP contribution in [0.15, 0.2) is 36.4 Å². The zero-order valence-corrected chi connectivity index (χ0v) is 9.25. The monoisotopic (exact) mass is 247 g/mol. The summed E-state index contributed by atoms with van der Waals surface area (Å²) in [5, 5.41) is 2.95. The molecule has 0 radical (unpaired) electrons. The van der Waals surface area contributed by atoms with Crippen LogP contribution in [0.4, 0.5) is 14.5 Å². The maximum Gasteiger partial charge on any atom is 0.387 e. The Morgan fingerprint density at radius 1 is 1.31 bits per heavy atom. The van der Waals surface area contributed by atoms with Crippen LogP contribution in [0.25, 0.3) is 0 Å². The van der Waals surface area contributed by atoms with E-state index in [9.17, 15) is 8.78 Å². The van der Waals surface area contributed by atoms with Gasteiger partial charge in [-0.15, -0.1) is 11.6 Å². The second-order valence-corrected chi connectivity index (χ2v) is 3.19. The molecule has 0 atom stereocenters. The molecule has 1 aromatic rings. The first-order chi connectivity index (χ1) is 7.74. The molecule has 0 aromatic heterocycles. The Morgan fingerprint density at radius 2 is 2.06 bits per heavy atom. The first kappa shape index (κ1) is 12.8. The van der Waals surface area contributed by atoms with Crippen molar-refractivity contribution in [3.05, 3.63) is 36.4 Å². The van der Waals surface area contributed by atoms with Gasteiger partial charge in [-0.3, -0.25) is 0 Å². The second-order valence-electron chi connectivity index (χ2n) is 2.88. The Hall–Kier alpha value is -1.29. The molecule has 0 aliphatic rings. The van der Waals surface area contributed by atoms with Crippen LogP contribution in [0.5, 0.6) is 5.75 Å². The topological polar surface area (TPSA) is 21.3 Å². The predicted octanol–water partition coefficient (Wildman–Crippen LogP) is 3.49. The number of hydrogen-bond donors (Lipinski definition) is 1. The SMILES string of the molecule is FC(F)Oc1ccccc1NC/C=C/CCl. The molecule has 1 rings (SSSR count). The number of benzene rings is 1. The van der Waals surface area contributed by atoms with Crippen LogP contribution in [-0.4, -0.2) is 19.0 Å². The highest BCUT2D eigenvalue weighted by atomic mass is 35.5. The number of ether oxygens (including phenoxy) is 1. The lowest BCUT2D eigenvalue weighted by molar-refractivity contribution is -0.0493. The molecule has 1 N–H and O–H groups in total. The second kappa shape index (κ2) is 7.06.